The molecule has 10 heteroatoms. The van der Waals surface area contributed by atoms with Crippen LogP contribution in [0.25, 0.3) is 0 Å². The van der Waals surface area contributed by atoms with Gasteiger partial charge in [-0.15, -0.1) is 0 Å². The molecule has 0 aromatic heterocycles. The van der Waals surface area contributed by atoms with Gasteiger partial charge < -0.3 is 19.1 Å². The maximum Gasteiger partial charge on any atom is 0.341 e. The topological polar surface area (TPSA) is 125 Å². The number of para-hydroxylation sites is 1. The number of ether oxygens (including phenoxy) is 3. The van der Waals surface area contributed by atoms with Gasteiger partial charge in [-0.3, -0.25) is 4.79 Å². The third-order valence-corrected chi connectivity index (χ3v) is 5.90. The van der Waals surface area contributed by atoms with Crippen molar-refractivity contribution in [3.8, 4) is 11.5 Å². The van der Waals surface area contributed by atoms with Crippen LogP contribution in [0.15, 0.2) is 47.4 Å². The monoisotopic (exact) mass is 476 g/mol. The van der Waals surface area contributed by atoms with Crippen molar-refractivity contribution in [1.29, 1.82) is 0 Å². The van der Waals surface area contributed by atoms with Crippen LogP contribution in [0.1, 0.15) is 44.0 Å². The molecule has 2 aromatic carbocycles. The van der Waals surface area contributed by atoms with E-state index in [-0.39, 0.29) is 16.2 Å². The smallest absolute Gasteiger partial charge is 0.341 e. The molecule has 1 heterocycles. The number of rotatable bonds is 7. The van der Waals surface area contributed by atoms with Crippen molar-refractivity contribution in [1.82, 2.24) is 0 Å². The summed E-state index contributed by atoms with van der Waals surface area (Å²) in [5, 5.41) is 5.49. The van der Waals surface area contributed by atoms with Crippen LogP contribution < -0.4 is 14.8 Å². The SMILES string of the molecule is CC(C)(C)C(=O)OCOC(=O)c1cc(N2CCCC2)c(Oc2ccccc2)c(S(N)(=O)=O)c1. The van der Waals surface area contributed by atoms with Crippen LogP contribution in [0.4, 0.5) is 5.69 Å². The zero-order chi connectivity index (χ0) is 24.2. The van der Waals surface area contributed by atoms with Gasteiger partial charge in [0.25, 0.3) is 0 Å². The van der Waals surface area contributed by atoms with Crippen LogP contribution in [-0.2, 0) is 24.3 Å². The molecular weight excluding hydrogens is 448 g/mol. The summed E-state index contributed by atoms with van der Waals surface area (Å²) in [4.78, 5) is 26.2. The fourth-order valence-corrected chi connectivity index (χ4v) is 3.95. The molecule has 9 nitrogen and oxygen atoms in total. The summed E-state index contributed by atoms with van der Waals surface area (Å²) in [5.41, 5.74) is -0.387. The normalized spacial score (nSPS) is 14.1. The minimum Gasteiger partial charge on any atom is -0.454 e. The van der Waals surface area contributed by atoms with E-state index in [2.05, 4.69) is 0 Å². The first kappa shape index (κ1) is 24.5. The molecule has 0 bridgehead atoms. The highest BCUT2D eigenvalue weighted by Gasteiger charge is 2.28. The number of hydrogen-bond acceptors (Lipinski definition) is 8. The number of nitrogens with two attached hydrogens (primary N) is 1. The summed E-state index contributed by atoms with van der Waals surface area (Å²) in [5.74, 6) is -0.924. The molecule has 0 amide bonds. The van der Waals surface area contributed by atoms with E-state index in [1.807, 2.05) is 4.90 Å². The highest BCUT2D eigenvalue weighted by atomic mass is 32.2. The maximum atomic E-state index is 12.7. The van der Waals surface area contributed by atoms with Gasteiger partial charge in [0.05, 0.1) is 16.7 Å². The first-order chi connectivity index (χ1) is 15.5. The second-order valence-corrected chi connectivity index (χ2v) is 10.2. The summed E-state index contributed by atoms with van der Waals surface area (Å²) in [6.45, 7) is 5.74. The van der Waals surface area contributed by atoms with E-state index in [0.29, 0.717) is 24.5 Å². The maximum absolute atomic E-state index is 12.7. The van der Waals surface area contributed by atoms with E-state index < -0.39 is 34.2 Å². The number of benzene rings is 2. The van der Waals surface area contributed by atoms with Gasteiger partial charge in [-0.25, -0.2) is 18.4 Å². The highest BCUT2D eigenvalue weighted by Crippen LogP contribution is 2.40. The second-order valence-electron chi connectivity index (χ2n) is 8.71. The lowest BCUT2D eigenvalue weighted by atomic mass is 9.98. The lowest BCUT2D eigenvalue weighted by Crippen LogP contribution is -2.25. The molecule has 0 radical (unpaired) electrons. The minimum absolute atomic E-state index is 0.0429. The third-order valence-electron chi connectivity index (χ3n) is 4.98. The van der Waals surface area contributed by atoms with Gasteiger partial charge >= 0.3 is 11.9 Å². The van der Waals surface area contributed by atoms with Crippen LogP contribution in [0.5, 0.6) is 11.5 Å². The molecular formula is C23H28N2O7S. The largest absolute Gasteiger partial charge is 0.454 e. The molecule has 1 aliphatic heterocycles. The summed E-state index contributed by atoms with van der Waals surface area (Å²) in [7, 11) is -4.26. The summed E-state index contributed by atoms with van der Waals surface area (Å²) in [6, 6.07) is 11.3. The molecule has 0 aliphatic carbocycles. The first-order valence-electron chi connectivity index (χ1n) is 10.5. The Morgan fingerprint density at radius 3 is 2.24 bits per heavy atom. The predicted octanol–water partition coefficient (Wildman–Crippen LogP) is 3.43. The van der Waals surface area contributed by atoms with Gasteiger partial charge in [0.2, 0.25) is 16.8 Å². The van der Waals surface area contributed by atoms with E-state index in [1.54, 1.807) is 51.1 Å². The predicted molar refractivity (Wildman–Crippen MR) is 122 cm³/mol. The van der Waals surface area contributed by atoms with Crippen molar-refractivity contribution in [2.75, 3.05) is 24.8 Å². The van der Waals surface area contributed by atoms with Gasteiger partial charge in [0.1, 0.15) is 10.6 Å². The van der Waals surface area contributed by atoms with Crippen molar-refractivity contribution in [3.63, 3.8) is 0 Å². The minimum atomic E-state index is -4.26. The number of nitrogens with zero attached hydrogens (tertiary/aromatic N) is 1. The molecule has 2 aromatic rings. The average Bonchev–Trinajstić information content (AvgIpc) is 3.27. The van der Waals surface area contributed by atoms with Gasteiger partial charge in [-0.1, -0.05) is 18.2 Å². The molecule has 33 heavy (non-hydrogen) atoms. The Morgan fingerprint density at radius 2 is 1.67 bits per heavy atom. The van der Waals surface area contributed by atoms with E-state index in [1.165, 1.54) is 6.07 Å². The number of anilines is 1. The fourth-order valence-electron chi connectivity index (χ4n) is 3.25. The van der Waals surface area contributed by atoms with Crippen molar-refractivity contribution in [3.05, 3.63) is 48.0 Å². The molecule has 1 saturated heterocycles. The van der Waals surface area contributed by atoms with E-state index in [0.717, 1.165) is 18.9 Å². The van der Waals surface area contributed by atoms with Crippen LogP contribution >= 0.6 is 0 Å². The van der Waals surface area contributed by atoms with Crippen LogP contribution in [0.2, 0.25) is 0 Å². The van der Waals surface area contributed by atoms with E-state index in [4.69, 9.17) is 19.3 Å². The Hall–Kier alpha value is -3.11. The molecule has 0 atom stereocenters. The lowest BCUT2D eigenvalue weighted by Gasteiger charge is -2.24. The zero-order valence-electron chi connectivity index (χ0n) is 18.9. The molecule has 3 rings (SSSR count). The van der Waals surface area contributed by atoms with E-state index >= 15 is 0 Å². The highest BCUT2D eigenvalue weighted by molar-refractivity contribution is 7.89. The van der Waals surface area contributed by atoms with Crippen LogP contribution in [-0.4, -0.2) is 40.2 Å². The first-order valence-corrected chi connectivity index (χ1v) is 12.0. The second kappa shape index (κ2) is 9.80. The Kier molecular flexibility index (Phi) is 7.28. The summed E-state index contributed by atoms with van der Waals surface area (Å²) < 4.78 is 40.9. The van der Waals surface area contributed by atoms with E-state index in [9.17, 15) is 18.0 Å². The van der Waals surface area contributed by atoms with Gasteiger partial charge in [0, 0.05) is 13.1 Å². The Morgan fingerprint density at radius 1 is 1.03 bits per heavy atom. The average molecular weight is 477 g/mol. The van der Waals surface area contributed by atoms with Crippen molar-refractivity contribution < 1.29 is 32.2 Å². The summed E-state index contributed by atoms with van der Waals surface area (Å²) >= 11 is 0. The molecule has 178 valence electrons. The Bertz CT molecular complexity index is 1120. The molecule has 0 spiro atoms. The summed E-state index contributed by atoms with van der Waals surface area (Å²) in [6.07, 6.45) is 1.82. The molecule has 1 fully saturated rings. The fraction of sp³-hybridized carbons (Fsp3) is 0.391. The number of primary sulfonamides is 1. The quantitative estimate of drug-likeness (QED) is 0.476. The number of esters is 2. The van der Waals surface area contributed by atoms with Gasteiger partial charge in [-0.2, -0.15) is 0 Å². The molecule has 0 unspecified atom stereocenters. The standard InChI is InChI=1S/C23H28N2O7S/c1-23(2,3)22(27)31-15-30-21(26)16-13-18(25-11-7-8-12-25)20(19(14-16)33(24,28)29)32-17-9-5-4-6-10-17/h4-6,9-10,13-14H,7-8,11-12,15H2,1-3H3,(H2,24,28,29). The van der Waals surface area contributed by atoms with Gasteiger partial charge in [-0.05, 0) is 57.9 Å². The van der Waals surface area contributed by atoms with Crippen LogP contribution in [0, 0.1) is 5.41 Å². The van der Waals surface area contributed by atoms with Crippen molar-refractivity contribution >= 4 is 27.6 Å². The molecule has 1 aliphatic rings. The number of hydrogen-bond donors (Lipinski definition) is 1. The van der Waals surface area contributed by atoms with Crippen LogP contribution in [0.3, 0.4) is 0 Å². The van der Waals surface area contributed by atoms with Crippen molar-refractivity contribution in [2.24, 2.45) is 10.6 Å². The Balaban J connectivity index is 1.97. The number of carbonyl (C=O) groups excluding carboxylic acids is 2. The Labute approximate surface area is 193 Å². The molecule has 0 saturated carbocycles. The van der Waals surface area contributed by atoms with Crippen molar-refractivity contribution in [2.45, 2.75) is 38.5 Å². The third kappa shape index (κ3) is 6.23. The number of sulfonamides is 1. The van der Waals surface area contributed by atoms with Gasteiger partial charge in [0.15, 0.2) is 5.75 Å². The molecule has 2 N–H and O–H groups in total. The zero-order valence-corrected chi connectivity index (χ0v) is 19.7. The lowest BCUT2D eigenvalue weighted by molar-refractivity contribution is -0.161. The number of carbonyl (C=O) groups is 2.